The molecule has 0 aromatic carbocycles. The van der Waals surface area contributed by atoms with E-state index in [2.05, 4.69) is 22.0 Å². The van der Waals surface area contributed by atoms with Gasteiger partial charge in [-0.1, -0.05) is 6.92 Å². The fraction of sp³-hybridized carbons (Fsp3) is 0.917. The number of nitrogens with zero attached hydrogens (tertiary/aromatic N) is 2. The first-order valence-corrected chi connectivity index (χ1v) is 6.67. The third kappa shape index (κ3) is 6.00. The molecule has 0 aromatic rings. The van der Waals surface area contributed by atoms with Crippen LogP contribution in [0.15, 0.2) is 0 Å². The van der Waals surface area contributed by atoms with Crippen LogP contribution in [0.4, 0.5) is 0 Å². The average Bonchev–Trinajstić information content (AvgIpc) is 2.53. The first-order chi connectivity index (χ1) is 8.26. The zero-order valence-corrected chi connectivity index (χ0v) is 11.0. The van der Waals surface area contributed by atoms with Crippen molar-refractivity contribution in [3.8, 4) is 0 Å². The van der Waals surface area contributed by atoms with Gasteiger partial charge in [0, 0.05) is 32.7 Å². The van der Waals surface area contributed by atoms with Crippen LogP contribution in [-0.2, 0) is 4.79 Å². The average molecular weight is 242 g/mol. The molecule has 1 fully saturated rings. The maximum absolute atomic E-state index is 11.6. The molecule has 3 N–H and O–H groups in total. The van der Waals surface area contributed by atoms with E-state index in [0.717, 1.165) is 58.7 Å². The molecule has 1 aliphatic heterocycles. The third-order valence-corrected chi connectivity index (χ3v) is 3.07. The van der Waals surface area contributed by atoms with Gasteiger partial charge in [-0.25, -0.2) is 0 Å². The number of carbonyl (C=O) groups excluding carboxylic acids is 1. The molecule has 5 nitrogen and oxygen atoms in total. The summed E-state index contributed by atoms with van der Waals surface area (Å²) in [5.74, 6) is 0.152. The summed E-state index contributed by atoms with van der Waals surface area (Å²) < 4.78 is 0. The first-order valence-electron chi connectivity index (χ1n) is 6.67. The molecular formula is C12H26N4O. The number of hydrogen-bond acceptors (Lipinski definition) is 4. The molecule has 5 heteroatoms. The van der Waals surface area contributed by atoms with Gasteiger partial charge in [-0.05, 0) is 25.9 Å². The number of carbonyl (C=O) groups is 1. The number of nitrogens with two attached hydrogens (primary N) is 1. The Hall–Kier alpha value is -0.650. The molecule has 0 unspecified atom stereocenters. The lowest BCUT2D eigenvalue weighted by molar-refractivity contribution is -0.122. The lowest BCUT2D eigenvalue weighted by Gasteiger charge is -2.20. The number of nitrogens with one attached hydrogen (secondary N) is 1. The zero-order chi connectivity index (χ0) is 12.5. The van der Waals surface area contributed by atoms with Crippen molar-refractivity contribution >= 4 is 5.91 Å². The molecule has 0 radical (unpaired) electrons. The summed E-state index contributed by atoms with van der Waals surface area (Å²) in [6, 6.07) is 0. The van der Waals surface area contributed by atoms with Gasteiger partial charge in [0.05, 0.1) is 6.54 Å². The van der Waals surface area contributed by atoms with Crippen molar-refractivity contribution in [3.05, 3.63) is 0 Å². The van der Waals surface area contributed by atoms with Crippen LogP contribution in [-0.4, -0.2) is 68.1 Å². The molecule has 0 aliphatic carbocycles. The molecule has 17 heavy (non-hydrogen) atoms. The lowest BCUT2D eigenvalue weighted by Crippen LogP contribution is -2.39. The highest BCUT2D eigenvalue weighted by Gasteiger charge is 2.16. The van der Waals surface area contributed by atoms with Crippen molar-refractivity contribution in [2.75, 3.05) is 52.4 Å². The second-order valence-corrected chi connectivity index (χ2v) is 4.61. The Balaban J connectivity index is 2.23. The second-order valence-electron chi connectivity index (χ2n) is 4.61. The van der Waals surface area contributed by atoms with Crippen LogP contribution in [0.3, 0.4) is 0 Å². The Morgan fingerprint density at radius 1 is 1.24 bits per heavy atom. The highest BCUT2D eigenvalue weighted by molar-refractivity contribution is 5.77. The second kappa shape index (κ2) is 8.44. The monoisotopic (exact) mass is 242 g/mol. The van der Waals surface area contributed by atoms with Crippen molar-refractivity contribution in [1.82, 2.24) is 15.1 Å². The molecule has 1 heterocycles. The molecule has 0 spiro atoms. The number of rotatable bonds is 6. The van der Waals surface area contributed by atoms with Crippen LogP contribution >= 0.6 is 0 Å². The summed E-state index contributed by atoms with van der Waals surface area (Å²) in [4.78, 5) is 16.2. The predicted octanol–water partition coefficient (Wildman–Crippen LogP) is -0.521. The minimum atomic E-state index is 0.152. The summed E-state index contributed by atoms with van der Waals surface area (Å²) in [7, 11) is 0. The van der Waals surface area contributed by atoms with Crippen molar-refractivity contribution in [3.63, 3.8) is 0 Å². The predicted molar refractivity (Wildman–Crippen MR) is 69.9 cm³/mol. The summed E-state index contributed by atoms with van der Waals surface area (Å²) in [6.45, 7) is 9.19. The zero-order valence-electron chi connectivity index (χ0n) is 11.0. The molecule has 100 valence electrons. The summed E-state index contributed by atoms with van der Waals surface area (Å²) in [5, 5.41) is 2.92. The molecule has 1 rings (SSSR count). The topological polar surface area (TPSA) is 61.6 Å². The Morgan fingerprint density at radius 2 is 1.94 bits per heavy atom. The Kier molecular flexibility index (Phi) is 7.16. The van der Waals surface area contributed by atoms with E-state index in [1.807, 2.05) is 0 Å². The summed E-state index contributed by atoms with van der Waals surface area (Å²) in [6.07, 6.45) is 2.12. The molecule has 0 bridgehead atoms. The van der Waals surface area contributed by atoms with Crippen LogP contribution in [0.2, 0.25) is 0 Å². The first kappa shape index (κ1) is 14.4. The molecule has 1 aliphatic rings. The number of hydrogen-bond donors (Lipinski definition) is 2. The molecule has 0 atom stereocenters. The van der Waals surface area contributed by atoms with Gasteiger partial charge in [0.2, 0.25) is 5.91 Å². The van der Waals surface area contributed by atoms with Gasteiger partial charge in [-0.3, -0.25) is 9.69 Å². The Morgan fingerprint density at radius 3 is 2.65 bits per heavy atom. The smallest absolute Gasteiger partial charge is 0.234 e. The highest BCUT2D eigenvalue weighted by Crippen LogP contribution is 2.01. The van der Waals surface area contributed by atoms with Crippen molar-refractivity contribution in [1.29, 1.82) is 0 Å². The van der Waals surface area contributed by atoms with Crippen LogP contribution in [0.5, 0.6) is 0 Å². The van der Waals surface area contributed by atoms with E-state index in [9.17, 15) is 4.79 Å². The SMILES string of the molecule is CCCNC(=O)CN1CCCN(CCN)CC1. The van der Waals surface area contributed by atoms with Crippen LogP contribution in [0, 0.1) is 0 Å². The van der Waals surface area contributed by atoms with E-state index in [4.69, 9.17) is 5.73 Å². The van der Waals surface area contributed by atoms with Gasteiger partial charge < -0.3 is 16.0 Å². The van der Waals surface area contributed by atoms with E-state index >= 15 is 0 Å². The fourth-order valence-corrected chi connectivity index (χ4v) is 2.11. The van der Waals surface area contributed by atoms with E-state index < -0.39 is 0 Å². The van der Waals surface area contributed by atoms with E-state index in [-0.39, 0.29) is 5.91 Å². The summed E-state index contributed by atoms with van der Waals surface area (Å²) in [5.41, 5.74) is 5.56. The van der Waals surface area contributed by atoms with Gasteiger partial charge in [-0.15, -0.1) is 0 Å². The molecule has 1 saturated heterocycles. The van der Waals surface area contributed by atoms with Crippen LogP contribution in [0.25, 0.3) is 0 Å². The van der Waals surface area contributed by atoms with Gasteiger partial charge in [0.1, 0.15) is 0 Å². The molecule has 1 amide bonds. The highest BCUT2D eigenvalue weighted by atomic mass is 16.2. The molecular weight excluding hydrogens is 216 g/mol. The van der Waals surface area contributed by atoms with Crippen molar-refractivity contribution in [2.45, 2.75) is 19.8 Å². The molecule has 0 aromatic heterocycles. The van der Waals surface area contributed by atoms with Crippen LogP contribution < -0.4 is 11.1 Å². The maximum Gasteiger partial charge on any atom is 0.234 e. The van der Waals surface area contributed by atoms with Crippen molar-refractivity contribution < 1.29 is 4.79 Å². The Bertz CT molecular complexity index is 223. The lowest BCUT2D eigenvalue weighted by atomic mass is 10.3. The minimum absolute atomic E-state index is 0.152. The van der Waals surface area contributed by atoms with Crippen LogP contribution in [0.1, 0.15) is 19.8 Å². The van der Waals surface area contributed by atoms with Gasteiger partial charge in [0.25, 0.3) is 0 Å². The summed E-state index contributed by atoms with van der Waals surface area (Å²) >= 11 is 0. The van der Waals surface area contributed by atoms with Gasteiger partial charge in [-0.2, -0.15) is 0 Å². The fourth-order valence-electron chi connectivity index (χ4n) is 2.11. The standard InChI is InChI=1S/C12H26N4O/c1-2-5-14-12(17)11-16-7-3-6-15(8-4-13)9-10-16/h2-11,13H2,1H3,(H,14,17). The van der Waals surface area contributed by atoms with Crippen molar-refractivity contribution in [2.24, 2.45) is 5.73 Å². The number of amides is 1. The quantitative estimate of drug-likeness (QED) is 0.658. The van der Waals surface area contributed by atoms with E-state index in [1.165, 1.54) is 0 Å². The molecule has 0 saturated carbocycles. The van der Waals surface area contributed by atoms with E-state index in [0.29, 0.717) is 6.54 Å². The normalized spacial score (nSPS) is 18.9. The third-order valence-electron chi connectivity index (χ3n) is 3.07. The van der Waals surface area contributed by atoms with E-state index in [1.54, 1.807) is 0 Å². The van der Waals surface area contributed by atoms with Gasteiger partial charge >= 0.3 is 0 Å². The largest absolute Gasteiger partial charge is 0.355 e. The maximum atomic E-state index is 11.6. The van der Waals surface area contributed by atoms with Gasteiger partial charge in [0.15, 0.2) is 0 Å². The minimum Gasteiger partial charge on any atom is -0.355 e. The Labute approximate surface area is 104 Å².